The topological polar surface area (TPSA) is 52.0 Å². The van der Waals surface area contributed by atoms with Crippen molar-refractivity contribution in [3.8, 4) is 11.1 Å². The number of nitrogens with two attached hydrogens (primary N) is 2. The summed E-state index contributed by atoms with van der Waals surface area (Å²) in [6, 6.07) is 7.90. The van der Waals surface area contributed by atoms with Gasteiger partial charge in [0.1, 0.15) is 0 Å². The molecular formula is C12H8Br4N2. The number of anilines is 2. The smallest absolute Gasteiger partial charge is 0.0652 e. The number of benzene rings is 2. The molecule has 0 unspecified atom stereocenters. The van der Waals surface area contributed by atoms with Crippen LogP contribution in [-0.4, -0.2) is 0 Å². The Kier molecular flexibility index (Phi) is 4.41. The summed E-state index contributed by atoms with van der Waals surface area (Å²) >= 11 is 13.8. The number of nitrogen functional groups attached to an aromatic ring is 2. The molecule has 0 aliphatic heterocycles. The number of rotatable bonds is 1. The van der Waals surface area contributed by atoms with E-state index in [1.54, 1.807) is 0 Å². The van der Waals surface area contributed by atoms with Gasteiger partial charge in [0.05, 0.1) is 15.8 Å². The third-order valence-electron chi connectivity index (χ3n) is 2.47. The van der Waals surface area contributed by atoms with E-state index in [-0.39, 0.29) is 0 Å². The van der Waals surface area contributed by atoms with Gasteiger partial charge in [0.2, 0.25) is 0 Å². The zero-order valence-corrected chi connectivity index (χ0v) is 15.3. The Balaban J connectivity index is 2.71. The molecule has 0 spiro atoms. The lowest BCUT2D eigenvalue weighted by Crippen LogP contribution is -1.97. The number of hydrogen-bond acceptors (Lipinski definition) is 2. The second-order valence-electron chi connectivity index (χ2n) is 3.71. The van der Waals surface area contributed by atoms with Crippen LogP contribution in [-0.2, 0) is 0 Å². The molecule has 2 nitrogen and oxygen atoms in total. The minimum Gasteiger partial charge on any atom is -0.397 e. The highest BCUT2D eigenvalue weighted by molar-refractivity contribution is 9.11. The van der Waals surface area contributed by atoms with E-state index in [2.05, 4.69) is 63.7 Å². The summed E-state index contributed by atoms with van der Waals surface area (Å²) in [7, 11) is 0. The molecule has 0 aromatic heterocycles. The average molecular weight is 500 g/mol. The van der Waals surface area contributed by atoms with Gasteiger partial charge in [0.25, 0.3) is 0 Å². The Morgan fingerprint density at radius 1 is 0.722 bits per heavy atom. The van der Waals surface area contributed by atoms with Gasteiger partial charge in [0.15, 0.2) is 0 Å². The SMILES string of the molecule is Nc1c(Br)cc(-c2cc(Br)cc(Br)c2)c(N)c1Br. The second kappa shape index (κ2) is 5.53. The molecule has 4 N–H and O–H groups in total. The van der Waals surface area contributed by atoms with E-state index in [4.69, 9.17) is 11.5 Å². The van der Waals surface area contributed by atoms with Gasteiger partial charge >= 0.3 is 0 Å². The standard InChI is InChI=1S/C12H8Br4N2/c13-6-1-5(2-7(14)3-6)8-4-9(15)12(18)10(16)11(8)17/h1-4H,17-18H2. The first-order valence-electron chi connectivity index (χ1n) is 4.89. The van der Waals surface area contributed by atoms with Crippen LogP contribution in [0.15, 0.2) is 42.2 Å². The summed E-state index contributed by atoms with van der Waals surface area (Å²) in [5.74, 6) is 0. The summed E-state index contributed by atoms with van der Waals surface area (Å²) in [5, 5.41) is 0. The minimum atomic E-state index is 0.602. The molecule has 0 heterocycles. The lowest BCUT2D eigenvalue weighted by Gasteiger charge is -2.12. The first kappa shape index (κ1) is 14.4. The van der Waals surface area contributed by atoms with Crippen molar-refractivity contribution in [3.05, 3.63) is 42.2 Å². The van der Waals surface area contributed by atoms with Gasteiger partial charge in [-0.05, 0) is 61.7 Å². The summed E-state index contributed by atoms with van der Waals surface area (Å²) in [6.45, 7) is 0. The summed E-state index contributed by atoms with van der Waals surface area (Å²) in [6.07, 6.45) is 0. The van der Waals surface area contributed by atoms with Crippen LogP contribution in [0.1, 0.15) is 0 Å². The predicted octanol–water partition coefficient (Wildman–Crippen LogP) is 5.57. The molecule has 18 heavy (non-hydrogen) atoms. The first-order chi connectivity index (χ1) is 8.40. The van der Waals surface area contributed by atoms with Crippen LogP contribution in [0.2, 0.25) is 0 Å². The first-order valence-corrected chi connectivity index (χ1v) is 8.06. The Labute approximate surface area is 139 Å². The molecule has 0 bridgehead atoms. The molecule has 0 atom stereocenters. The van der Waals surface area contributed by atoms with Gasteiger partial charge < -0.3 is 11.5 Å². The fourth-order valence-corrected chi connectivity index (χ4v) is 4.01. The van der Waals surface area contributed by atoms with Crippen molar-refractivity contribution >= 4 is 75.1 Å². The van der Waals surface area contributed by atoms with E-state index in [0.717, 1.165) is 24.5 Å². The molecule has 0 amide bonds. The van der Waals surface area contributed by atoms with E-state index in [1.165, 1.54) is 0 Å². The Hall–Kier alpha value is -0.0400. The summed E-state index contributed by atoms with van der Waals surface area (Å²) < 4.78 is 3.49. The molecule has 0 radical (unpaired) electrons. The molecule has 94 valence electrons. The van der Waals surface area contributed by atoms with Crippen molar-refractivity contribution in [2.24, 2.45) is 0 Å². The van der Waals surface area contributed by atoms with E-state index in [9.17, 15) is 0 Å². The summed E-state index contributed by atoms with van der Waals surface area (Å²) in [4.78, 5) is 0. The third kappa shape index (κ3) is 2.76. The monoisotopic (exact) mass is 496 g/mol. The maximum atomic E-state index is 6.11. The quantitative estimate of drug-likeness (QED) is 0.504. The molecule has 6 heteroatoms. The van der Waals surface area contributed by atoms with E-state index in [1.807, 2.05) is 24.3 Å². The lowest BCUT2D eigenvalue weighted by molar-refractivity contribution is 1.52. The maximum absolute atomic E-state index is 6.11. The fraction of sp³-hybridized carbons (Fsp3) is 0. The van der Waals surface area contributed by atoms with E-state index >= 15 is 0 Å². The highest BCUT2D eigenvalue weighted by atomic mass is 79.9. The minimum absolute atomic E-state index is 0.602. The van der Waals surface area contributed by atoms with Crippen LogP contribution < -0.4 is 11.5 Å². The van der Waals surface area contributed by atoms with Crippen LogP contribution in [0.3, 0.4) is 0 Å². The predicted molar refractivity (Wildman–Crippen MR) is 91.5 cm³/mol. The molecule has 0 saturated heterocycles. The molecule has 2 aromatic rings. The molecule has 0 fully saturated rings. The normalized spacial score (nSPS) is 10.7. The molecule has 0 aliphatic carbocycles. The van der Waals surface area contributed by atoms with Crippen molar-refractivity contribution in [2.45, 2.75) is 0 Å². The fourth-order valence-electron chi connectivity index (χ4n) is 1.60. The van der Waals surface area contributed by atoms with Gasteiger partial charge in [-0.2, -0.15) is 0 Å². The largest absolute Gasteiger partial charge is 0.397 e. The highest BCUT2D eigenvalue weighted by Gasteiger charge is 2.13. The van der Waals surface area contributed by atoms with Crippen LogP contribution >= 0.6 is 63.7 Å². The van der Waals surface area contributed by atoms with E-state index in [0.29, 0.717) is 15.8 Å². The van der Waals surface area contributed by atoms with Crippen molar-refractivity contribution < 1.29 is 0 Å². The third-order valence-corrected chi connectivity index (χ3v) is 4.89. The molecule has 0 aliphatic rings. The number of halogens is 4. The Morgan fingerprint density at radius 3 is 1.83 bits per heavy atom. The van der Waals surface area contributed by atoms with Crippen LogP contribution in [0, 0.1) is 0 Å². The van der Waals surface area contributed by atoms with Gasteiger partial charge in [-0.15, -0.1) is 0 Å². The van der Waals surface area contributed by atoms with Crippen LogP contribution in [0.5, 0.6) is 0 Å². The van der Waals surface area contributed by atoms with Crippen LogP contribution in [0.25, 0.3) is 11.1 Å². The molecular weight excluding hydrogens is 492 g/mol. The molecule has 2 aromatic carbocycles. The highest BCUT2D eigenvalue weighted by Crippen LogP contribution is 2.41. The van der Waals surface area contributed by atoms with Gasteiger partial charge in [0, 0.05) is 19.0 Å². The Morgan fingerprint density at radius 2 is 1.28 bits per heavy atom. The molecule has 2 rings (SSSR count). The van der Waals surface area contributed by atoms with Crippen molar-refractivity contribution in [2.75, 3.05) is 11.5 Å². The van der Waals surface area contributed by atoms with Gasteiger partial charge in [-0.3, -0.25) is 0 Å². The zero-order valence-electron chi connectivity index (χ0n) is 8.98. The zero-order chi connectivity index (χ0) is 13.4. The van der Waals surface area contributed by atoms with Crippen molar-refractivity contribution in [1.82, 2.24) is 0 Å². The molecule has 0 saturated carbocycles. The average Bonchev–Trinajstić information content (AvgIpc) is 2.30. The van der Waals surface area contributed by atoms with Gasteiger partial charge in [-0.25, -0.2) is 0 Å². The number of hydrogen-bond donors (Lipinski definition) is 2. The van der Waals surface area contributed by atoms with E-state index < -0.39 is 0 Å². The Bertz CT molecular complexity index is 606. The summed E-state index contributed by atoms with van der Waals surface area (Å²) in [5.41, 5.74) is 15.2. The van der Waals surface area contributed by atoms with Crippen molar-refractivity contribution in [3.63, 3.8) is 0 Å². The lowest BCUT2D eigenvalue weighted by atomic mass is 10.0. The van der Waals surface area contributed by atoms with Gasteiger partial charge in [-0.1, -0.05) is 31.9 Å². The van der Waals surface area contributed by atoms with Crippen molar-refractivity contribution in [1.29, 1.82) is 0 Å². The second-order valence-corrected chi connectivity index (χ2v) is 7.18. The maximum Gasteiger partial charge on any atom is 0.0652 e. The van der Waals surface area contributed by atoms with Crippen LogP contribution in [0.4, 0.5) is 11.4 Å².